The summed E-state index contributed by atoms with van der Waals surface area (Å²) in [5.41, 5.74) is 2.70. The van der Waals surface area contributed by atoms with Crippen molar-refractivity contribution in [1.29, 1.82) is 0 Å². The van der Waals surface area contributed by atoms with Crippen molar-refractivity contribution in [2.75, 3.05) is 25.5 Å². The number of nitrogens with one attached hydrogen (secondary N) is 3. The number of aryl methyl sites for hydroxylation is 1. The van der Waals surface area contributed by atoms with Crippen LogP contribution in [0.4, 0.5) is 10.5 Å². The lowest BCUT2D eigenvalue weighted by molar-refractivity contribution is -0.128. The first-order chi connectivity index (χ1) is 15.9. The fraction of sp³-hybridized carbons (Fsp3) is 0.400. The lowest BCUT2D eigenvalue weighted by atomic mass is 10.0. The number of carbonyl (C=O) groups excluding carboxylic acids is 3. The van der Waals surface area contributed by atoms with E-state index in [1.165, 1.54) is 6.92 Å². The molecule has 0 spiro atoms. The topological polar surface area (TPSA) is 99.8 Å². The summed E-state index contributed by atoms with van der Waals surface area (Å²) in [4.78, 5) is 39.0. The van der Waals surface area contributed by atoms with E-state index in [2.05, 4.69) is 16.0 Å². The average molecular weight is 453 g/mol. The molecular formula is C25H32N4O4. The molecule has 1 unspecified atom stereocenters. The zero-order valence-corrected chi connectivity index (χ0v) is 19.4. The first-order valence-electron chi connectivity index (χ1n) is 11.2. The van der Waals surface area contributed by atoms with Crippen molar-refractivity contribution in [2.45, 2.75) is 45.2 Å². The predicted octanol–water partition coefficient (Wildman–Crippen LogP) is 2.86. The summed E-state index contributed by atoms with van der Waals surface area (Å²) in [7, 11) is 1.59. The molecular weight excluding hydrogens is 420 g/mol. The highest BCUT2D eigenvalue weighted by atomic mass is 16.5. The largest absolute Gasteiger partial charge is 0.497 e. The molecule has 1 atom stereocenters. The molecule has 8 nitrogen and oxygen atoms in total. The summed E-state index contributed by atoms with van der Waals surface area (Å²) in [5, 5.41) is 8.75. The second-order valence-electron chi connectivity index (χ2n) is 8.32. The van der Waals surface area contributed by atoms with E-state index >= 15 is 0 Å². The maximum absolute atomic E-state index is 12.9. The number of urea groups is 1. The van der Waals surface area contributed by atoms with E-state index in [0.717, 1.165) is 16.8 Å². The van der Waals surface area contributed by atoms with Crippen molar-refractivity contribution < 1.29 is 19.1 Å². The van der Waals surface area contributed by atoms with Crippen LogP contribution in [0, 0.1) is 6.92 Å². The van der Waals surface area contributed by atoms with Gasteiger partial charge in [-0.3, -0.25) is 9.59 Å². The number of methoxy groups -OCH3 is 1. The van der Waals surface area contributed by atoms with E-state index in [1.807, 2.05) is 55.5 Å². The number of carbonyl (C=O) groups is 3. The van der Waals surface area contributed by atoms with Crippen molar-refractivity contribution in [2.24, 2.45) is 0 Å². The van der Waals surface area contributed by atoms with Crippen LogP contribution in [0.15, 0.2) is 48.5 Å². The third-order valence-electron chi connectivity index (χ3n) is 5.78. The van der Waals surface area contributed by atoms with Crippen molar-refractivity contribution in [3.05, 3.63) is 59.7 Å². The van der Waals surface area contributed by atoms with Crippen molar-refractivity contribution in [1.82, 2.24) is 15.5 Å². The monoisotopic (exact) mass is 452 g/mol. The van der Waals surface area contributed by atoms with Gasteiger partial charge in [0.25, 0.3) is 0 Å². The van der Waals surface area contributed by atoms with E-state index in [1.54, 1.807) is 12.0 Å². The molecule has 2 aromatic carbocycles. The Morgan fingerprint density at radius 2 is 1.82 bits per heavy atom. The van der Waals surface area contributed by atoms with E-state index in [-0.39, 0.29) is 23.9 Å². The number of likely N-dealkylation sites (tertiary alicyclic amines) is 1. The van der Waals surface area contributed by atoms with Crippen LogP contribution >= 0.6 is 0 Å². The van der Waals surface area contributed by atoms with Gasteiger partial charge in [0.15, 0.2) is 0 Å². The van der Waals surface area contributed by atoms with E-state index in [0.29, 0.717) is 38.1 Å². The Kier molecular flexibility index (Phi) is 8.29. The Hall–Kier alpha value is -3.55. The molecule has 33 heavy (non-hydrogen) atoms. The maximum atomic E-state index is 12.9. The molecule has 2 aromatic rings. The number of benzene rings is 2. The molecule has 1 fully saturated rings. The lowest BCUT2D eigenvalue weighted by Gasteiger charge is -2.33. The van der Waals surface area contributed by atoms with E-state index in [4.69, 9.17) is 4.74 Å². The van der Waals surface area contributed by atoms with Crippen molar-refractivity contribution in [3.63, 3.8) is 0 Å². The smallest absolute Gasteiger partial charge is 0.321 e. The van der Waals surface area contributed by atoms with Gasteiger partial charge in [-0.15, -0.1) is 0 Å². The zero-order valence-electron chi connectivity index (χ0n) is 19.4. The number of ether oxygens (including phenoxy) is 1. The molecule has 0 radical (unpaired) electrons. The van der Waals surface area contributed by atoms with Crippen LogP contribution in [0.1, 0.15) is 30.9 Å². The number of amides is 4. The SMILES string of the molecule is COc1cccc(CC(NC(C)=O)C(=O)NC2CCN(C(=O)Nc3ccccc3C)CC2)c1. The zero-order chi connectivity index (χ0) is 23.8. The van der Waals surface area contributed by atoms with Gasteiger partial charge in [-0.25, -0.2) is 4.79 Å². The van der Waals surface area contributed by atoms with Gasteiger partial charge < -0.3 is 25.6 Å². The second-order valence-corrected chi connectivity index (χ2v) is 8.32. The van der Waals surface area contributed by atoms with Gasteiger partial charge in [0.1, 0.15) is 11.8 Å². The average Bonchev–Trinajstić information content (AvgIpc) is 2.80. The molecule has 3 N–H and O–H groups in total. The first kappa shape index (κ1) is 24.1. The quantitative estimate of drug-likeness (QED) is 0.601. The number of hydrogen-bond acceptors (Lipinski definition) is 4. The fourth-order valence-corrected chi connectivity index (χ4v) is 3.93. The number of piperidine rings is 1. The van der Waals surface area contributed by atoms with Crippen LogP contribution < -0.4 is 20.7 Å². The minimum atomic E-state index is -0.683. The third-order valence-corrected chi connectivity index (χ3v) is 5.78. The minimum Gasteiger partial charge on any atom is -0.497 e. The molecule has 0 aliphatic carbocycles. The highest BCUT2D eigenvalue weighted by molar-refractivity contribution is 5.90. The molecule has 1 aliphatic rings. The molecule has 0 bridgehead atoms. The highest BCUT2D eigenvalue weighted by Gasteiger charge is 2.27. The summed E-state index contributed by atoms with van der Waals surface area (Å²) >= 11 is 0. The predicted molar refractivity (Wildman–Crippen MR) is 127 cm³/mol. The number of hydrogen-bond donors (Lipinski definition) is 3. The van der Waals surface area contributed by atoms with Gasteiger partial charge >= 0.3 is 6.03 Å². The molecule has 4 amide bonds. The van der Waals surface area contributed by atoms with Crippen LogP contribution in [0.2, 0.25) is 0 Å². The van der Waals surface area contributed by atoms with Crippen LogP contribution in [0.25, 0.3) is 0 Å². The molecule has 176 valence electrons. The first-order valence-corrected chi connectivity index (χ1v) is 11.2. The molecule has 3 rings (SSSR count). The second kappa shape index (κ2) is 11.4. The maximum Gasteiger partial charge on any atom is 0.321 e. The number of para-hydroxylation sites is 1. The van der Waals surface area contributed by atoms with Gasteiger partial charge in [0, 0.05) is 38.2 Å². The van der Waals surface area contributed by atoms with E-state index < -0.39 is 6.04 Å². The molecule has 0 saturated carbocycles. The standard InChI is InChI=1S/C25H32N4O4/c1-17-7-4-5-10-22(17)28-25(32)29-13-11-20(12-14-29)27-24(31)23(26-18(2)30)16-19-8-6-9-21(15-19)33-3/h4-10,15,20,23H,11-14,16H2,1-3H3,(H,26,30)(H,27,31)(H,28,32). The number of nitrogens with zero attached hydrogens (tertiary/aromatic N) is 1. The Morgan fingerprint density at radius 1 is 1.09 bits per heavy atom. The Bertz CT molecular complexity index is 986. The summed E-state index contributed by atoms with van der Waals surface area (Å²) in [5.74, 6) is 0.211. The molecule has 0 aromatic heterocycles. The molecule has 1 heterocycles. The molecule has 8 heteroatoms. The molecule has 1 aliphatic heterocycles. The Balaban J connectivity index is 1.53. The minimum absolute atomic E-state index is 0.0541. The van der Waals surface area contributed by atoms with Gasteiger partial charge in [-0.2, -0.15) is 0 Å². The van der Waals surface area contributed by atoms with Gasteiger partial charge in [0.05, 0.1) is 7.11 Å². The van der Waals surface area contributed by atoms with Crippen LogP contribution in [0.3, 0.4) is 0 Å². The number of anilines is 1. The van der Waals surface area contributed by atoms with Crippen molar-refractivity contribution >= 4 is 23.5 Å². The van der Waals surface area contributed by atoms with Gasteiger partial charge in [-0.1, -0.05) is 30.3 Å². The fourth-order valence-electron chi connectivity index (χ4n) is 3.93. The summed E-state index contributed by atoms with van der Waals surface area (Å²) in [6, 6.07) is 14.2. The van der Waals surface area contributed by atoms with Gasteiger partial charge in [-0.05, 0) is 49.1 Å². The summed E-state index contributed by atoms with van der Waals surface area (Å²) in [6.45, 7) is 4.44. The Labute approximate surface area is 194 Å². The normalized spacial score (nSPS) is 14.8. The highest BCUT2D eigenvalue weighted by Crippen LogP contribution is 2.17. The lowest BCUT2D eigenvalue weighted by Crippen LogP contribution is -2.53. The van der Waals surface area contributed by atoms with Crippen molar-refractivity contribution in [3.8, 4) is 5.75 Å². The molecule has 1 saturated heterocycles. The Morgan fingerprint density at radius 3 is 2.48 bits per heavy atom. The summed E-state index contributed by atoms with van der Waals surface area (Å²) in [6.07, 6.45) is 1.66. The third kappa shape index (κ3) is 6.97. The van der Waals surface area contributed by atoms with Crippen LogP contribution in [0.5, 0.6) is 5.75 Å². The van der Waals surface area contributed by atoms with Crippen LogP contribution in [-0.2, 0) is 16.0 Å². The van der Waals surface area contributed by atoms with E-state index in [9.17, 15) is 14.4 Å². The number of rotatable bonds is 7. The van der Waals surface area contributed by atoms with Crippen LogP contribution in [-0.4, -0.2) is 55.0 Å². The van der Waals surface area contributed by atoms with Gasteiger partial charge in [0.2, 0.25) is 11.8 Å². The summed E-state index contributed by atoms with van der Waals surface area (Å²) < 4.78 is 5.25.